The molecule has 0 aliphatic carbocycles. The number of nitrogens with one attached hydrogen (secondary N) is 1. The Morgan fingerprint density at radius 1 is 1.42 bits per heavy atom. The van der Waals surface area contributed by atoms with Gasteiger partial charge in [-0.25, -0.2) is 9.37 Å². The van der Waals surface area contributed by atoms with Crippen molar-refractivity contribution in [1.82, 2.24) is 9.97 Å². The molecule has 0 spiro atoms. The van der Waals surface area contributed by atoms with Crippen molar-refractivity contribution in [1.29, 1.82) is 0 Å². The zero-order valence-corrected chi connectivity index (χ0v) is 11.1. The normalized spacial score (nSPS) is 10.7. The smallest absolute Gasteiger partial charge is 0.256 e. The Labute approximate surface area is 114 Å². The van der Waals surface area contributed by atoms with E-state index in [9.17, 15) is 9.18 Å². The molecule has 0 bridgehead atoms. The number of nitrogen functional groups attached to an aromatic ring is 1. The summed E-state index contributed by atoms with van der Waals surface area (Å²) in [6, 6.07) is 4.41. The van der Waals surface area contributed by atoms with Gasteiger partial charge in [-0.2, -0.15) is 0 Å². The molecule has 100 valence electrons. The summed E-state index contributed by atoms with van der Waals surface area (Å²) in [4.78, 5) is 18.4. The van der Waals surface area contributed by atoms with E-state index in [0.717, 1.165) is 0 Å². The minimum absolute atomic E-state index is 0.0922. The molecule has 0 aliphatic rings. The van der Waals surface area contributed by atoms with Crippen LogP contribution in [0.15, 0.2) is 23.0 Å². The molecule has 0 unspecified atom stereocenters. The Kier molecular flexibility index (Phi) is 3.85. The molecule has 0 saturated carbocycles. The van der Waals surface area contributed by atoms with E-state index in [1.807, 2.05) is 6.92 Å². The van der Waals surface area contributed by atoms with Gasteiger partial charge in [0, 0.05) is 17.0 Å². The van der Waals surface area contributed by atoms with Crippen LogP contribution < -0.4 is 11.3 Å². The van der Waals surface area contributed by atoms with Crippen molar-refractivity contribution in [2.45, 2.75) is 19.8 Å². The number of hydrogen-bond acceptors (Lipinski definition) is 3. The van der Waals surface area contributed by atoms with Crippen molar-refractivity contribution in [3.8, 4) is 0 Å². The standard InChI is InChI=1S/C13H13ClFN3O/c1-2-7-12(16)17-11(18-13(7)19)6-8-9(14)4-3-5-10(8)15/h3-5H,2,6H2,1H3,(H3,16,17,18,19). The Morgan fingerprint density at radius 2 is 2.16 bits per heavy atom. The lowest BCUT2D eigenvalue weighted by Crippen LogP contribution is -2.19. The summed E-state index contributed by atoms with van der Waals surface area (Å²) in [6.07, 6.45) is 0.587. The van der Waals surface area contributed by atoms with Gasteiger partial charge in [-0.15, -0.1) is 0 Å². The van der Waals surface area contributed by atoms with Gasteiger partial charge >= 0.3 is 0 Å². The summed E-state index contributed by atoms with van der Waals surface area (Å²) in [5.41, 5.74) is 6.13. The number of rotatable bonds is 3. The van der Waals surface area contributed by atoms with E-state index in [-0.39, 0.29) is 23.4 Å². The molecule has 0 aliphatic heterocycles. The molecule has 4 nitrogen and oxygen atoms in total. The van der Waals surface area contributed by atoms with Crippen molar-refractivity contribution in [3.63, 3.8) is 0 Å². The van der Waals surface area contributed by atoms with Gasteiger partial charge in [-0.05, 0) is 18.6 Å². The predicted molar refractivity (Wildman–Crippen MR) is 72.9 cm³/mol. The first-order chi connectivity index (χ1) is 9.02. The van der Waals surface area contributed by atoms with Crippen LogP contribution >= 0.6 is 11.6 Å². The van der Waals surface area contributed by atoms with Crippen molar-refractivity contribution in [2.75, 3.05) is 5.73 Å². The molecule has 19 heavy (non-hydrogen) atoms. The van der Waals surface area contributed by atoms with E-state index < -0.39 is 5.82 Å². The molecule has 0 radical (unpaired) electrons. The summed E-state index contributed by atoms with van der Waals surface area (Å²) in [5.74, 6) is 0.0358. The van der Waals surface area contributed by atoms with Gasteiger partial charge in [-0.3, -0.25) is 4.79 Å². The Balaban J connectivity index is 2.42. The SMILES string of the molecule is CCc1c(N)nc(Cc2c(F)cccc2Cl)[nH]c1=O. The topological polar surface area (TPSA) is 71.8 Å². The van der Waals surface area contributed by atoms with Crippen molar-refractivity contribution in [2.24, 2.45) is 0 Å². The molecular formula is C13H13ClFN3O. The van der Waals surface area contributed by atoms with Gasteiger partial charge in [0.25, 0.3) is 5.56 Å². The molecular weight excluding hydrogens is 269 g/mol. The first-order valence-electron chi connectivity index (χ1n) is 5.83. The summed E-state index contributed by atoms with van der Waals surface area (Å²) >= 11 is 5.93. The average molecular weight is 282 g/mol. The fraction of sp³-hybridized carbons (Fsp3) is 0.231. The Bertz CT molecular complexity index is 649. The highest BCUT2D eigenvalue weighted by Crippen LogP contribution is 2.21. The maximum atomic E-state index is 13.6. The zero-order valence-electron chi connectivity index (χ0n) is 10.3. The number of aromatic nitrogens is 2. The van der Waals surface area contributed by atoms with Crippen LogP contribution in [0.2, 0.25) is 5.02 Å². The van der Waals surface area contributed by atoms with Gasteiger partial charge in [0.1, 0.15) is 17.5 Å². The summed E-state index contributed by atoms with van der Waals surface area (Å²) in [7, 11) is 0. The lowest BCUT2D eigenvalue weighted by atomic mass is 10.1. The van der Waals surface area contributed by atoms with Crippen LogP contribution in [0.5, 0.6) is 0 Å². The lowest BCUT2D eigenvalue weighted by Gasteiger charge is -2.07. The molecule has 1 heterocycles. The zero-order chi connectivity index (χ0) is 14.0. The largest absolute Gasteiger partial charge is 0.383 e. The monoisotopic (exact) mass is 281 g/mol. The molecule has 0 saturated heterocycles. The third-order valence-electron chi connectivity index (χ3n) is 2.86. The van der Waals surface area contributed by atoms with Crippen molar-refractivity contribution in [3.05, 3.63) is 56.3 Å². The predicted octanol–water partition coefficient (Wildman–Crippen LogP) is 2.30. The van der Waals surface area contributed by atoms with Gasteiger partial charge in [0.2, 0.25) is 0 Å². The first kappa shape index (κ1) is 13.5. The number of benzene rings is 1. The van der Waals surface area contributed by atoms with E-state index in [1.54, 1.807) is 6.07 Å². The second kappa shape index (κ2) is 5.40. The number of halogens is 2. The number of H-pyrrole nitrogens is 1. The van der Waals surface area contributed by atoms with Gasteiger partial charge in [-0.1, -0.05) is 24.6 Å². The molecule has 1 aromatic carbocycles. The van der Waals surface area contributed by atoms with Crippen molar-refractivity contribution < 1.29 is 4.39 Å². The second-order valence-corrected chi connectivity index (χ2v) is 4.51. The van der Waals surface area contributed by atoms with E-state index in [1.165, 1.54) is 12.1 Å². The van der Waals surface area contributed by atoms with Gasteiger partial charge < -0.3 is 10.7 Å². The first-order valence-corrected chi connectivity index (χ1v) is 6.21. The number of anilines is 1. The molecule has 3 N–H and O–H groups in total. The van der Waals surface area contributed by atoms with Crippen LogP contribution in [0.3, 0.4) is 0 Å². The molecule has 2 rings (SSSR count). The summed E-state index contributed by atoms with van der Waals surface area (Å²) in [5, 5.41) is 0.292. The highest BCUT2D eigenvalue weighted by atomic mass is 35.5. The molecule has 2 aromatic rings. The third kappa shape index (κ3) is 2.76. The Morgan fingerprint density at radius 3 is 2.74 bits per heavy atom. The minimum Gasteiger partial charge on any atom is -0.383 e. The number of hydrogen-bond donors (Lipinski definition) is 2. The number of nitrogens with zero attached hydrogens (tertiary/aromatic N) is 1. The highest BCUT2D eigenvalue weighted by Gasteiger charge is 2.12. The third-order valence-corrected chi connectivity index (χ3v) is 3.21. The fourth-order valence-electron chi connectivity index (χ4n) is 1.86. The molecule has 0 atom stereocenters. The van der Waals surface area contributed by atoms with Crippen molar-refractivity contribution >= 4 is 17.4 Å². The second-order valence-electron chi connectivity index (χ2n) is 4.11. The average Bonchev–Trinajstić information content (AvgIpc) is 2.34. The van der Waals surface area contributed by atoms with Gasteiger partial charge in [0.15, 0.2) is 0 Å². The fourth-order valence-corrected chi connectivity index (χ4v) is 2.09. The van der Waals surface area contributed by atoms with Crippen LogP contribution in [0, 0.1) is 5.82 Å². The summed E-state index contributed by atoms with van der Waals surface area (Å²) < 4.78 is 13.6. The summed E-state index contributed by atoms with van der Waals surface area (Å²) in [6.45, 7) is 1.82. The molecule has 0 fully saturated rings. The number of nitrogens with two attached hydrogens (primary N) is 1. The van der Waals surface area contributed by atoms with Crippen LogP contribution in [0.25, 0.3) is 0 Å². The minimum atomic E-state index is -0.437. The number of aromatic amines is 1. The van der Waals surface area contributed by atoms with E-state index in [0.29, 0.717) is 22.8 Å². The van der Waals surface area contributed by atoms with E-state index >= 15 is 0 Å². The van der Waals surface area contributed by atoms with Crippen LogP contribution in [-0.4, -0.2) is 9.97 Å². The highest BCUT2D eigenvalue weighted by molar-refractivity contribution is 6.31. The Hall–Kier alpha value is -1.88. The van der Waals surface area contributed by atoms with Crippen LogP contribution in [0.1, 0.15) is 23.9 Å². The maximum Gasteiger partial charge on any atom is 0.256 e. The van der Waals surface area contributed by atoms with Crippen LogP contribution in [-0.2, 0) is 12.8 Å². The lowest BCUT2D eigenvalue weighted by molar-refractivity contribution is 0.612. The maximum absolute atomic E-state index is 13.6. The van der Waals surface area contributed by atoms with Gasteiger partial charge in [0.05, 0.1) is 5.56 Å². The van der Waals surface area contributed by atoms with E-state index in [2.05, 4.69) is 9.97 Å². The quantitative estimate of drug-likeness (QED) is 0.907. The van der Waals surface area contributed by atoms with Crippen LogP contribution in [0.4, 0.5) is 10.2 Å². The molecule has 0 amide bonds. The van der Waals surface area contributed by atoms with E-state index in [4.69, 9.17) is 17.3 Å². The molecule has 6 heteroatoms. The molecule has 1 aromatic heterocycles.